The topological polar surface area (TPSA) is 64.4 Å². The normalized spacial score (nSPS) is 21.4. The highest BCUT2D eigenvalue weighted by molar-refractivity contribution is 5.85. The van der Waals surface area contributed by atoms with Crippen molar-refractivity contribution in [2.24, 2.45) is 11.7 Å². The maximum atomic E-state index is 11.8. The number of hydrogen-bond acceptors (Lipinski definition) is 3. The van der Waals surface area contributed by atoms with Gasteiger partial charge in [-0.1, -0.05) is 13.3 Å². The molecule has 1 heterocycles. The molecule has 1 amide bonds. The lowest BCUT2D eigenvalue weighted by Gasteiger charge is -2.26. The van der Waals surface area contributed by atoms with Gasteiger partial charge in [0.15, 0.2) is 0 Å². The second-order valence-corrected chi connectivity index (χ2v) is 4.93. The summed E-state index contributed by atoms with van der Waals surface area (Å²) in [6, 6.07) is 0. The van der Waals surface area contributed by atoms with Crippen molar-refractivity contribution in [2.75, 3.05) is 19.8 Å². The SMILES string of the molecule is CCCC(C)(N)C(=O)NCC1CCOCC1. The van der Waals surface area contributed by atoms with Crippen LogP contribution in [0, 0.1) is 5.92 Å². The summed E-state index contributed by atoms with van der Waals surface area (Å²) in [6.07, 6.45) is 3.73. The fraction of sp³-hybridized carbons (Fsp3) is 0.917. The van der Waals surface area contributed by atoms with Crippen molar-refractivity contribution in [1.82, 2.24) is 5.32 Å². The van der Waals surface area contributed by atoms with Crippen LogP contribution in [0.15, 0.2) is 0 Å². The first kappa shape index (κ1) is 13.5. The summed E-state index contributed by atoms with van der Waals surface area (Å²) in [6.45, 7) is 6.20. The Kier molecular flexibility index (Phi) is 5.22. The van der Waals surface area contributed by atoms with Gasteiger partial charge in [-0.15, -0.1) is 0 Å². The molecule has 1 saturated heterocycles. The van der Waals surface area contributed by atoms with Crippen molar-refractivity contribution >= 4 is 5.91 Å². The third-order valence-corrected chi connectivity index (χ3v) is 3.18. The molecule has 1 aliphatic rings. The van der Waals surface area contributed by atoms with Gasteiger partial charge in [0.05, 0.1) is 5.54 Å². The standard InChI is InChI=1S/C12H24N2O2/c1-3-6-12(2,13)11(15)14-9-10-4-7-16-8-5-10/h10H,3-9,13H2,1-2H3,(H,14,15). The fourth-order valence-electron chi connectivity index (χ4n) is 2.02. The Morgan fingerprint density at radius 2 is 2.12 bits per heavy atom. The minimum atomic E-state index is -0.722. The van der Waals surface area contributed by atoms with Crippen LogP contribution in [0.1, 0.15) is 39.5 Å². The molecule has 1 fully saturated rings. The van der Waals surface area contributed by atoms with Crippen molar-refractivity contribution in [2.45, 2.75) is 45.1 Å². The molecular formula is C12H24N2O2. The summed E-state index contributed by atoms with van der Waals surface area (Å²) in [5, 5.41) is 2.96. The monoisotopic (exact) mass is 228 g/mol. The van der Waals surface area contributed by atoms with E-state index >= 15 is 0 Å². The van der Waals surface area contributed by atoms with E-state index < -0.39 is 5.54 Å². The van der Waals surface area contributed by atoms with Crippen molar-refractivity contribution in [3.05, 3.63) is 0 Å². The van der Waals surface area contributed by atoms with E-state index in [0.29, 0.717) is 5.92 Å². The van der Waals surface area contributed by atoms with Crippen molar-refractivity contribution in [1.29, 1.82) is 0 Å². The van der Waals surface area contributed by atoms with Gasteiger partial charge >= 0.3 is 0 Å². The minimum absolute atomic E-state index is 0.0270. The van der Waals surface area contributed by atoms with E-state index in [-0.39, 0.29) is 5.91 Å². The Hall–Kier alpha value is -0.610. The average molecular weight is 228 g/mol. The first-order valence-corrected chi connectivity index (χ1v) is 6.21. The molecule has 0 bridgehead atoms. The number of carbonyl (C=O) groups is 1. The molecule has 1 aliphatic heterocycles. The van der Waals surface area contributed by atoms with E-state index in [4.69, 9.17) is 10.5 Å². The molecule has 0 aromatic rings. The van der Waals surface area contributed by atoms with Gasteiger partial charge < -0.3 is 15.8 Å². The number of ether oxygens (including phenoxy) is 1. The van der Waals surface area contributed by atoms with E-state index in [9.17, 15) is 4.79 Å². The van der Waals surface area contributed by atoms with E-state index in [2.05, 4.69) is 5.32 Å². The maximum Gasteiger partial charge on any atom is 0.239 e. The molecule has 0 aliphatic carbocycles. The average Bonchev–Trinajstić information content (AvgIpc) is 2.27. The van der Waals surface area contributed by atoms with Gasteiger partial charge in [-0.2, -0.15) is 0 Å². The summed E-state index contributed by atoms with van der Waals surface area (Å²) in [7, 11) is 0. The molecule has 0 spiro atoms. The second kappa shape index (κ2) is 6.21. The van der Waals surface area contributed by atoms with E-state index in [1.54, 1.807) is 6.92 Å². The third kappa shape index (κ3) is 4.10. The lowest BCUT2D eigenvalue weighted by Crippen LogP contribution is -2.52. The van der Waals surface area contributed by atoms with Crippen LogP contribution < -0.4 is 11.1 Å². The van der Waals surface area contributed by atoms with Crippen LogP contribution >= 0.6 is 0 Å². The highest BCUT2D eigenvalue weighted by Gasteiger charge is 2.27. The van der Waals surface area contributed by atoms with E-state index in [1.165, 1.54) is 0 Å². The Morgan fingerprint density at radius 1 is 1.50 bits per heavy atom. The van der Waals surface area contributed by atoms with Crippen LogP contribution in [0.2, 0.25) is 0 Å². The Bertz CT molecular complexity index is 223. The molecule has 1 rings (SSSR count). The zero-order chi connectivity index (χ0) is 12.0. The molecule has 94 valence electrons. The summed E-state index contributed by atoms with van der Waals surface area (Å²) in [5.41, 5.74) is 5.23. The summed E-state index contributed by atoms with van der Waals surface area (Å²) in [5.74, 6) is 0.524. The molecule has 0 radical (unpaired) electrons. The van der Waals surface area contributed by atoms with Gasteiger partial charge in [0.2, 0.25) is 5.91 Å². The van der Waals surface area contributed by atoms with Gasteiger partial charge in [0, 0.05) is 19.8 Å². The van der Waals surface area contributed by atoms with Crippen LogP contribution in [-0.4, -0.2) is 31.2 Å². The van der Waals surface area contributed by atoms with Crippen LogP contribution in [0.25, 0.3) is 0 Å². The van der Waals surface area contributed by atoms with Crippen molar-refractivity contribution < 1.29 is 9.53 Å². The number of hydrogen-bond donors (Lipinski definition) is 2. The third-order valence-electron chi connectivity index (χ3n) is 3.18. The summed E-state index contributed by atoms with van der Waals surface area (Å²) in [4.78, 5) is 11.8. The lowest BCUT2D eigenvalue weighted by atomic mass is 9.95. The predicted octanol–water partition coefficient (Wildman–Crippen LogP) is 1.05. The Balaban J connectivity index is 2.28. The van der Waals surface area contributed by atoms with Gasteiger partial charge in [0.25, 0.3) is 0 Å². The molecule has 4 heteroatoms. The zero-order valence-electron chi connectivity index (χ0n) is 10.4. The Labute approximate surface area is 97.9 Å². The lowest BCUT2D eigenvalue weighted by molar-refractivity contribution is -0.126. The molecular weight excluding hydrogens is 204 g/mol. The largest absolute Gasteiger partial charge is 0.381 e. The number of nitrogens with two attached hydrogens (primary N) is 1. The minimum Gasteiger partial charge on any atom is -0.381 e. The first-order chi connectivity index (χ1) is 7.56. The molecule has 1 atom stereocenters. The van der Waals surface area contributed by atoms with Crippen LogP contribution in [-0.2, 0) is 9.53 Å². The van der Waals surface area contributed by atoms with Gasteiger partial charge in [-0.05, 0) is 32.1 Å². The number of rotatable bonds is 5. The highest BCUT2D eigenvalue weighted by atomic mass is 16.5. The summed E-state index contributed by atoms with van der Waals surface area (Å²) < 4.78 is 5.27. The smallest absolute Gasteiger partial charge is 0.239 e. The predicted molar refractivity (Wildman–Crippen MR) is 64.1 cm³/mol. The van der Waals surface area contributed by atoms with Gasteiger partial charge in [0.1, 0.15) is 0 Å². The molecule has 0 aromatic carbocycles. The molecule has 4 nitrogen and oxygen atoms in total. The van der Waals surface area contributed by atoms with E-state index in [1.807, 2.05) is 6.92 Å². The van der Waals surface area contributed by atoms with Gasteiger partial charge in [-0.3, -0.25) is 4.79 Å². The van der Waals surface area contributed by atoms with Gasteiger partial charge in [-0.25, -0.2) is 0 Å². The number of carbonyl (C=O) groups excluding carboxylic acids is 1. The molecule has 3 N–H and O–H groups in total. The van der Waals surface area contributed by atoms with Crippen LogP contribution in [0.4, 0.5) is 0 Å². The molecule has 0 saturated carbocycles. The van der Waals surface area contributed by atoms with Crippen molar-refractivity contribution in [3.8, 4) is 0 Å². The number of amides is 1. The summed E-state index contributed by atoms with van der Waals surface area (Å²) >= 11 is 0. The van der Waals surface area contributed by atoms with Crippen LogP contribution in [0.3, 0.4) is 0 Å². The molecule has 16 heavy (non-hydrogen) atoms. The molecule has 0 aromatic heterocycles. The van der Waals surface area contributed by atoms with E-state index in [0.717, 1.165) is 45.4 Å². The Morgan fingerprint density at radius 3 is 2.69 bits per heavy atom. The molecule has 1 unspecified atom stereocenters. The van der Waals surface area contributed by atoms with Crippen molar-refractivity contribution in [3.63, 3.8) is 0 Å². The number of nitrogens with one attached hydrogen (secondary N) is 1. The fourth-order valence-corrected chi connectivity index (χ4v) is 2.02. The second-order valence-electron chi connectivity index (χ2n) is 4.93. The van der Waals surface area contributed by atoms with Crippen LogP contribution in [0.5, 0.6) is 0 Å². The highest BCUT2D eigenvalue weighted by Crippen LogP contribution is 2.14. The first-order valence-electron chi connectivity index (χ1n) is 6.21. The maximum absolute atomic E-state index is 11.8. The quantitative estimate of drug-likeness (QED) is 0.739. The zero-order valence-corrected chi connectivity index (χ0v) is 10.4.